The molecule has 0 aromatic heterocycles. The van der Waals surface area contributed by atoms with E-state index in [2.05, 4.69) is 10.6 Å². The van der Waals surface area contributed by atoms with Crippen LogP contribution in [0.25, 0.3) is 0 Å². The average molecular weight is 762 g/mol. The van der Waals surface area contributed by atoms with Gasteiger partial charge in [-0.05, 0) is 43.1 Å². The van der Waals surface area contributed by atoms with Crippen molar-refractivity contribution in [3.63, 3.8) is 0 Å². The lowest BCUT2D eigenvalue weighted by atomic mass is 9.89. The number of likely N-dealkylation sites (tertiary alicyclic amines) is 1. The van der Waals surface area contributed by atoms with Gasteiger partial charge in [-0.15, -0.1) is 0 Å². The lowest BCUT2D eigenvalue weighted by Crippen LogP contribution is -2.60. The molecule has 0 saturated carbocycles. The van der Waals surface area contributed by atoms with Gasteiger partial charge in [0.2, 0.25) is 23.6 Å². The van der Waals surface area contributed by atoms with Gasteiger partial charge in [-0.25, -0.2) is 4.79 Å². The van der Waals surface area contributed by atoms with Crippen LogP contribution in [0.3, 0.4) is 0 Å². The number of benzene rings is 1. The van der Waals surface area contributed by atoms with Gasteiger partial charge in [-0.2, -0.15) is 0 Å². The van der Waals surface area contributed by atoms with Gasteiger partial charge < -0.3 is 40.1 Å². The molecule has 306 valence electrons. The molecule has 1 fully saturated rings. The summed E-state index contributed by atoms with van der Waals surface area (Å²) < 4.78 is 11.9. The van der Waals surface area contributed by atoms with E-state index in [1.807, 2.05) is 45.9 Å². The van der Waals surface area contributed by atoms with Crippen LogP contribution in [0.2, 0.25) is 0 Å². The molecule has 1 aromatic rings. The largest absolute Gasteiger partial charge is 0.465 e. The van der Waals surface area contributed by atoms with Crippen LogP contribution >= 0.6 is 0 Å². The number of methoxy groups -OCH3 is 2. The van der Waals surface area contributed by atoms with E-state index >= 15 is 0 Å². The van der Waals surface area contributed by atoms with Crippen molar-refractivity contribution in [1.82, 2.24) is 25.3 Å². The number of nitrogens with zero attached hydrogens (tertiary/aromatic N) is 3. The highest BCUT2D eigenvalue weighted by Crippen LogP contribution is 2.30. The number of aliphatic hydroxyl groups is 1. The first-order chi connectivity index (χ1) is 25.3. The number of hydrogen-bond acceptors (Lipinski definition) is 8. The van der Waals surface area contributed by atoms with Crippen LogP contribution in [0, 0.1) is 23.7 Å². The molecule has 1 aliphatic heterocycles. The molecule has 2 unspecified atom stereocenters. The summed E-state index contributed by atoms with van der Waals surface area (Å²) in [6, 6.07) is 5.67. The Balaban J connectivity index is 2.27. The molecule has 14 heteroatoms. The van der Waals surface area contributed by atoms with Crippen LogP contribution in [0.5, 0.6) is 0 Å². The van der Waals surface area contributed by atoms with Crippen molar-refractivity contribution in [2.24, 2.45) is 23.7 Å². The van der Waals surface area contributed by atoms with Crippen molar-refractivity contribution in [1.29, 1.82) is 0 Å². The smallest absolute Gasteiger partial charge is 0.407 e. The van der Waals surface area contributed by atoms with Crippen LogP contribution in [-0.2, 0) is 28.7 Å². The van der Waals surface area contributed by atoms with Gasteiger partial charge >= 0.3 is 6.09 Å². The first-order valence-corrected chi connectivity index (χ1v) is 19.2. The summed E-state index contributed by atoms with van der Waals surface area (Å²) in [5.41, 5.74) is 0.692. The topological polar surface area (TPSA) is 178 Å². The fourth-order valence-electron chi connectivity index (χ4n) is 7.70. The third-order valence-electron chi connectivity index (χ3n) is 11.1. The van der Waals surface area contributed by atoms with Gasteiger partial charge in [-0.1, -0.05) is 85.2 Å². The molecule has 1 aromatic carbocycles. The third kappa shape index (κ3) is 11.6. The van der Waals surface area contributed by atoms with Crippen LogP contribution in [-0.4, -0.2) is 132 Å². The third-order valence-corrected chi connectivity index (χ3v) is 11.1. The molecule has 4 N–H and O–H groups in total. The summed E-state index contributed by atoms with van der Waals surface area (Å²) in [6.45, 7) is 15.1. The number of amides is 5. The van der Waals surface area contributed by atoms with Crippen LogP contribution in [0.4, 0.5) is 4.79 Å². The summed E-state index contributed by atoms with van der Waals surface area (Å²) in [5.74, 6) is -2.82. The van der Waals surface area contributed by atoms with Crippen molar-refractivity contribution in [2.45, 2.75) is 130 Å². The summed E-state index contributed by atoms with van der Waals surface area (Å²) in [7, 11) is 6.02. The first kappa shape index (κ1) is 46.4. The maximum atomic E-state index is 14.2. The quantitative estimate of drug-likeness (QED) is 0.153. The molecule has 0 radical (unpaired) electrons. The zero-order valence-corrected chi connectivity index (χ0v) is 34.4. The highest BCUT2D eigenvalue weighted by atomic mass is 16.5. The number of ether oxygens (including phenoxy) is 2. The predicted octanol–water partition coefficient (Wildman–Crippen LogP) is 3.92. The van der Waals surface area contributed by atoms with E-state index < -0.39 is 60.4 Å². The molecule has 10 atom stereocenters. The molecule has 0 bridgehead atoms. The Labute approximate surface area is 322 Å². The molecule has 54 heavy (non-hydrogen) atoms. The van der Waals surface area contributed by atoms with Crippen molar-refractivity contribution < 1.29 is 43.7 Å². The first-order valence-electron chi connectivity index (χ1n) is 19.2. The Kier molecular flexibility index (Phi) is 18.4. The summed E-state index contributed by atoms with van der Waals surface area (Å²) in [5, 5.41) is 26.2. The molecule has 5 amide bonds. The Hall–Kier alpha value is -3.75. The number of likely N-dealkylation sites (N-methyl/N-ethyl adjacent to an activating group) is 2. The van der Waals surface area contributed by atoms with Crippen LogP contribution in [0.15, 0.2) is 30.3 Å². The fourth-order valence-corrected chi connectivity index (χ4v) is 7.70. The Bertz CT molecular complexity index is 1380. The molecule has 1 saturated heterocycles. The number of carbonyl (C=O) groups excluding carboxylic acids is 4. The minimum atomic E-state index is -1.25. The second-order valence-electron chi connectivity index (χ2n) is 15.6. The van der Waals surface area contributed by atoms with Gasteiger partial charge in [-0.3, -0.25) is 24.1 Å². The second kappa shape index (κ2) is 21.4. The monoisotopic (exact) mass is 761 g/mol. The molecule has 1 heterocycles. The minimum Gasteiger partial charge on any atom is -0.465 e. The Morgan fingerprint density at radius 2 is 1.50 bits per heavy atom. The molecule has 14 nitrogen and oxygen atoms in total. The summed E-state index contributed by atoms with van der Waals surface area (Å²) >= 11 is 0. The highest BCUT2D eigenvalue weighted by Gasteiger charge is 2.43. The minimum absolute atomic E-state index is 0.0333. The molecular formula is C40H67N5O9. The Morgan fingerprint density at radius 3 is 2.00 bits per heavy atom. The van der Waals surface area contributed by atoms with E-state index in [0.717, 1.165) is 11.3 Å². The van der Waals surface area contributed by atoms with Gasteiger partial charge in [0.05, 0.1) is 48.8 Å². The van der Waals surface area contributed by atoms with Crippen molar-refractivity contribution in [2.75, 3.05) is 34.9 Å². The summed E-state index contributed by atoms with van der Waals surface area (Å²) in [4.78, 5) is 71.3. The molecule has 0 aliphatic carbocycles. The lowest BCUT2D eigenvalue weighted by molar-refractivity contribution is -0.148. The fraction of sp³-hybridized carbons (Fsp3) is 0.725. The zero-order valence-electron chi connectivity index (χ0n) is 34.4. The SMILES string of the molecule is CC[C@H](C)[C@@H]([C@@H](CC(=O)N1CCC[C@H]1[C@H](OC)[C@@H](C)C(=O)NC(C)C(O)c1ccccc1)OC)N(C)C(=O)[C@@H](NC(=O)[C@H](C(C)C)N(C)C(=O)O)C(C)C. The number of rotatable bonds is 20. The standard InChI is InChI=1S/C40H67N5O9/c1-13-25(6)34(43(9)39(50)32(23(2)3)42-38(49)33(24(4)5)44(10)40(51)52)30(53-11)22-31(46)45-21-17-20-29(45)36(54-12)26(7)37(48)41-27(8)35(47)28-18-15-14-16-19-28/h14-16,18-19,23-27,29-30,32-36,47H,13,17,20-22H2,1-12H3,(H,41,48)(H,42,49)(H,51,52)/t25-,26+,27?,29-,30+,32-,33-,34-,35?,36+/m0/s1. The van der Waals surface area contributed by atoms with Crippen LogP contribution in [0.1, 0.15) is 92.7 Å². The number of nitrogens with one attached hydrogen (secondary N) is 2. The maximum absolute atomic E-state index is 14.2. The lowest BCUT2D eigenvalue weighted by Gasteiger charge is -2.41. The van der Waals surface area contributed by atoms with Gasteiger partial charge in [0.15, 0.2) is 0 Å². The van der Waals surface area contributed by atoms with Crippen molar-refractivity contribution >= 4 is 29.7 Å². The Morgan fingerprint density at radius 1 is 0.889 bits per heavy atom. The van der Waals surface area contributed by atoms with Gasteiger partial charge in [0, 0.05) is 34.9 Å². The number of carboxylic acid groups (broad SMARTS) is 1. The average Bonchev–Trinajstić information content (AvgIpc) is 3.62. The van der Waals surface area contributed by atoms with E-state index in [1.165, 1.54) is 21.3 Å². The van der Waals surface area contributed by atoms with Gasteiger partial charge in [0.1, 0.15) is 12.1 Å². The molecular weight excluding hydrogens is 694 g/mol. The maximum Gasteiger partial charge on any atom is 0.407 e. The van der Waals surface area contributed by atoms with E-state index in [1.54, 1.807) is 56.7 Å². The van der Waals surface area contributed by atoms with E-state index in [-0.39, 0.29) is 47.9 Å². The molecule has 2 rings (SSSR count). The molecule has 0 spiro atoms. The normalized spacial score (nSPS) is 19.5. The molecule has 1 aliphatic rings. The summed E-state index contributed by atoms with van der Waals surface area (Å²) in [6.07, 6.45) is -1.45. The van der Waals surface area contributed by atoms with E-state index in [4.69, 9.17) is 9.47 Å². The number of carbonyl (C=O) groups is 5. The highest BCUT2D eigenvalue weighted by molar-refractivity contribution is 5.91. The second-order valence-corrected chi connectivity index (χ2v) is 15.6. The van der Waals surface area contributed by atoms with E-state index in [0.29, 0.717) is 24.9 Å². The number of aliphatic hydroxyl groups excluding tert-OH is 1. The van der Waals surface area contributed by atoms with Crippen molar-refractivity contribution in [3.8, 4) is 0 Å². The van der Waals surface area contributed by atoms with E-state index in [9.17, 15) is 34.2 Å². The zero-order chi connectivity index (χ0) is 41.0. The predicted molar refractivity (Wildman–Crippen MR) is 206 cm³/mol. The van der Waals surface area contributed by atoms with Crippen molar-refractivity contribution in [3.05, 3.63) is 35.9 Å². The van der Waals surface area contributed by atoms with Crippen LogP contribution < -0.4 is 10.6 Å². The number of hydrogen-bond donors (Lipinski definition) is 4. The van der Waals surface area contributed by atoms with Gasteiger partial charge in [0.25, 0.3) is 0 Å².